The fraction of sp³-hybridized carbons (Fsp3) is 0.565. The van der Waals surface area contributed by atoms with Gasteiger partial charge in [0, 0.05) is 32.8 Å². The summed E-state index contributed by atoms with van der Waals surface area (Å²) in [6.45, 7) is 3.71. The highest BCUT2D eigenvalue weighted by Crippen LogP contribution is 2.22. The van der Waals surface area contributed by atoms with E-state index >= 15 is 0 Å². The first-order chi connectivity index (χ1) is 13.6. The van der Waals surface area contributed by atoms with Crippen molar-refractivity contribution >= 4 is 0 Å². The van der Waals surface area contributed by atoms with Crippen LogP contribution >= 0.6 is 0 Å². The Morgan fingerprint density at radius 2 is 2.07 bits per heavy atom. The van der Waals surface area contributed by atoms with Crippen molar-refractivity contribution in [2.45, 2.75) is 50.9 Å². The zero-order chi connectivity index (χ0) is 20.4. The molecular weight excluding hydrogens is 352 g/mol. The molecule has 0 saturated heterocycles. The zero-order valence-electron chi connectivity index (χ0n) is 17.5. The van der Waals surface area contributed by atoms with E-state index in [1.807, 2.05) is 18.2 Å². The predicted molar refractivity (Wildman–Crippen MR) is 115 cm³/mol. The summed E-state index contributed by atoms with van der Waals surface area (Å²) in [7, 11) is 3.38. The van der Waals surface area contributed by atoms with Crippen LogP contribution in [0.5, 0.6) is 0 Å². The van der Waals surface area contributed by atoms with E-state index in [-0.39, 0.29) is 18.7 Å². The molecule has 3 unspecified atom stereocenters. The molecule has 2 aliphatic rings. The quantitative estimate of drug-likeness (QED) is 0.602. The summed E-state index contributed by atoms with van der Waals surface area (Å²) in [6.07, 6.45) is 18.6. The molecule has 0 saturated carbocycles. The highest BCUT2D eigenvalue weighted by Gasteiger charge is 2.22. The second-order valence-electron chi connectivity index (χ2n) is 7.51. The maximum atomic E-state index is 10.2. The van der Waals surface area contributed by atoms with Gasteiger partial charge in [0.05, 0.1) is 19.3 Å². The van der Waals surface area contributed by atoms with Crippen LogP contribution in [0.1, 0.15) is 32.6 Å². The van der Waals surface area contributed by atoms with E-state index in [4.69, 9.17) is 15.2 Å². The van der Waals surface area contributed by atoms with E-state index < -0.39 is 6.10 Å². The molecule has 0 aromatic heterocycles. The monoisotopic (exact) mass is 388 g/mol. The van der Waals surface area contributed by atoms with Crippen molar-refractivity contribution in [3.05, 3.63) is 59.4 Å². The Kier molecular flexibility index (Phi) is 9.71. The minimum atomic E-state index is -0.547. The summed E-state index contributed by atoms with van der Waals surface area (Å²) < 4.78 is 11.0. The van der Waals surface area contributed by atoms with Gasteiger partial charge in [0.25, 0.3) is 0 Å². The maximum Gasteiger partial charge on any atom is 0.118 e. The largest absolute Gasteiger partial charge is 0.497 e. The lowest BCUT2D eigenvalue weighted by Crippen LogP contribution is -2.43. The summed E-state index contributed by atoms with van der Waals surface area (Å²) in [5.74, 6) is 0.799. The number of aliphatic hydroxyl groups is 1. The maximum absolute atomic E-state index is 10.2. The molecule has 5 heteroatoms. The van der Waals surface area contributed by atoms with Crippen LogP contribution in [0.15, 0.2) is 59.4 Å². The van der Waals surface area contributed by atoms with Crippen LogP contribution in [0, 0.1) is 0 Å². The molecule has 0 bridgehead atoms. The zero-order valence-corrected chi connectivity index (χ0v) is 17.5. The minimum absolute atomic E-state index is 0.120. The number of allylic oxidation sites excluding steroid dienone is 6. The van der Waals surface area contributed by atoms with Gasteiger partial charge in [0.15, 0.2) is 0 Å². The second kappa shape index (κ2) is 12.0. The first kappa shape index (κ1) is 22.6. The fourth-order valence-electron chi connectivity index (χ4n) is 3.58. The van der Waals surface area contributed by atoms with Crippen LogP contribution in [-0.4, -0.2) is 62.1 Å². The van der Waals surface area contributed by atoms with E-state index in [0.29, 0.717) is 13.1 Å². The molecule has 156 valence electrons. The van der Waals surface area contributed by atoms with Gasteiger partial charge in [0.1, 0.15) is 5.76 Å². The SMILES string of the molecule is COC1=CC=C(CN(CC(O)CN)C(C)CC2=CCCCC=C2)C(OC)C=C1. The molecule has 0 aliphatic heterocycles. The molecule has 3 N–H and O–H groups in total. The average molecular weight is 389 g/mol. The smallest absolute Gasteiger partial charge is 0.118 e. The van der Waals surface area contributed by atoms with Crippen LogP contribution < -0.4 is 5.73 Å². The Bertz CT molecular complexity index is 634. The number of aliphatic hydroxyl groups excluding tert-OH is 1. The van der Waals surface area contributed by atoms with E-state index in [9.17, 15) is 5.11 Å². The van der Waals surface area contributed by atoms with Gasteiger partial charge in [-0.3, -0.25) is 4.90 Å². The number of nitrogens with two attached hydrogens (primary N) is 1. The molecule has 0 spiro atoms. The summed E-state index contributed by atoms with van der Waals surface area (Å²) in [4.78, 5) is 2.30. The van der Waals surface area contributed by atoms with Crippen molar-refractivity contribution in [1.82, 2.24) is 4.90 Å². The third kappa shape index (κ3) is 7.06. The Labute approximate surface area is 169 Å². The Morgan fingerprint density at radius 3 is 2.79 bits per heavy atom. The molecule has 0 fully saturated rings. The molecule has 28 heavy (non-hydrogen) atoms. The number of hydrogen-bond donors (Lipinski definition) is 2. The molecule has 0 aromatic carbocycles. The van der Waals surface area contributed by atoms with E-state index in [1.165, 1.54) is 12.0 Å². The lowest BCUT2D eigenvalue weighted by atomic mass is 10.0. The molecule has 5 nitrogen and oxygen atoms in total. The Balaban J connectivity index is 2.17. The van der Waals surface area contributed by atoms with Gasteiger partial charge in [-0.1, -0.05) is 29.9 Å². The molecule has 2 aliphatic carbocycles. The topological polar surface area (TPSA) is 68.0 Å². The molecule has 0 amide bonds. The predicted octanol–water partition coefficient (Wildman–Crippen LogP) is 3.09. The van der Waals surface area contributed by atoms with E-state index in [2.05, 4.69) is 36.1 Å². The molecular formula is C23H36N2O3. The molecule has 3 atom stereocenters. The summed E-state index contributed by atoms with van der Waals surface area (Å²) in [6, 6.07) is 0.270. The first-order valence-corrected chi connectivity index (χ1v) is 10.2. The highest BCUT2D eigenvalue weighted by molar-refractivity contribution is 5.32. The van der Waals surface area contributed by atoms with Crippen LogP contribution in [0.3, 0.4) is 0 Å². The van der Waals surface area contributed by atoms with Crippen LogP contribution in [0.4, 0.5) is 0 Å². The van der Waals surface area contributed by atoms with Crippen molar-refractivity contribution in [3.8, 4) is 0 Å². The second-order valence-corrected chi connectivity index (χ2v) is 7.51. The van der Waals surface area contributed by atoms with Gasteiger partial charge >= 0.3 is 0 Å². The molecule has 2 rings (SSSR count). The van der Waals surface area contributed by atoms with Crippen LogP contribution in [0.25, 0.3) is 0 Å². The molecule has 0 heterocycles. The third-order valence-corrected chi connectivity index (χ3v) is 5.32. The lowest BCUT2D eigenvalue weighted by Gasteiger charge is -2.33. The van der Waals surface area contributed by atoms with Crippen molar-refractivity contribution in [2.75, 3.05) is 33.9 Å². The lowest BCUT2D eigenvalue weighted by molar-refractivity contribution is 0.0942. The third-order valence-electron chi connectivity index (χ3n) is 5.32. The van der Waals surface area contributed by atoms with Crippen molar-refractivity contribution in [2.24, 2.45) is 5.73 Å². The standard InChI is InChI=1S/C23H36N2O3/c1-18(14-19-8-6-4-5-7-9-19)25(17-21(26)15-24)16-20-10-11-22(27-2)12-13-23(20)28-3/h6,8-13,18,21,23,26H,4-5,7,14-17,24H2,1-3H3. The van der Waals surface area contributed by atoms with Gasteiger partial charge in [-0.15, -0.1) is 0 Å². The normalized spacial score (nSPS) is 22.1. The Hall–Kier alpha value is -1.66. The van der Waals surface area contributed by atoms with Gasteiger partial charge in [-0.05, 0) is 56.4 Å². The van der Waals surface area contributed by atoms with Crippen LogP contribution in [0.2, 0.25) is 0 Å². The van der Waals surface area contributed by atoms with Crippen LogP contribution in [-0.2, 0) is 9.47 Å². The first-order valence-electron chi connectivity index (χ1n) is 10.2. The molecule has 0 aromatic rings. The van der Waals surface area contributed by atoms with Crippen molar-refractivity contribution in [1.29, 1.82) is 0 Å². The van der Waals surface area contributed by atoms with E-state index in [0.717, 1.165) is 30.6 Å². The van der Waals surface area contributed by atoms with Gasteiger partial charge in [0.2, 0.25) is 0 Å². The Morgan fingerprint density at radius 1 is 1.25 bits per heavy atom. The number of ether oxygens (including phenoxy) is 2. The van der Waals surface area contributed by atoms with Crippen molar-refractivity contribution < 1.29 is 14.6 Å². The average Bonchev–Trinajstić information content (AvgIpc) is 3.07. The number of methoxy groups -OCH3 is 2. The number of nitrogens with zero attached hydrogens (tertiary/aromatic N) is 1. The summed E-state index contributed by atoms with van der Waals surface area (Å²) in [5.41, 5.74) is 8.20. The number of rotatable bonds is 10. The summed E-state index contributed by atoms with van der Waals surface area (Å²) >= 11 is 0. The highest BCUT2D eigenvalue weighted by atomic mass is 16.5. The van der Waals surface area contributed by atoms with Crippen molar-refractivity contribution in [3.63, 3.8) is 0 Å². The fourth-order valence-corrected chi connectivity index (χ4v) is 3.58. The van der Waals surface area contributed by atoms with Gasteiger partial charge < -0.3 is 20.3 Å². The van der Waals surface area contributed by atoms with E-state index in [1.54, 1.807) is 14.2 Å². The molecule has 0 radical (unpaired) electrons. The van der Waals surface area contributed by atoms with Gasteiger partial charge in [-0.2, -0.15) is 0 Å². The number of hydrogen-bond acceptors (Lipinski definition) is 5. The van der Waals surface area contributed by atoms with Gasteiger partial charge in [-0.25, -0.2) is 0 Å². The summed E-state index contributed by atoms with van der Waals surface area (Å²) in [5, 5.41) is 10.2. The minimum Gasteiger partial charge on any atom is -0.497 e.